The molecule has 2 nitrogen and oxygen atoms in total. The molecule has 0 radical (unpaired) electrons. The van der Waals surface area contributed by atoms with E-state index in [9.17, 15) is 5.11 Å². The molecule has 0 aromatic rings. The van der Waals surface area contributed by atoms with E-state index in [1.54, 1.807) is 0 Å². The fraction of sp³-hybridized carbons (Fsp3) is 0.800. The van der Waals surface area contributed by atoms with E-state index in [0.29, 0.717) is 12.0 Å². The van der Waals surface area contributed by atoms with Crippen molar-refractivity contribution in [2.45, 2.75) is 38.8 Å². The number of rotatable bonds is 0. The quantitative estimate of drug-likeness (QED) is 0.529. The van der Waals surface area contributed by atoms with Gasteiger partial charge in [-0.25, -0.2) is 0 Å². The molecule has 1 saturated heterocycles. The second kappa shape index (κ2) is 2.86. The van der Waals surface area contributed by atoms with Crippen molar-refractivity contribution >= 4 is 0 Å². The number of aliphatic hydroxyl groups excluding tert-OH is 1. The molecule has 1 aliphatic carbocycles. The van der Waals surface area contributed by atoms with Crippen molar-refractivity contribution in [3.63, 3.8) is 0 Å². The maximum atomic E-state index is 9.71. The van der Waals surface area contributed by atoms with Crippen molar-refractivity contribution in [3.8, 4) is 0 Å². The van der Waals surface area contributed by atoms with Crippen LogP contribution >= 0.6 is 0 Å². The zero-order valence-corrected chi connectivity index (χ0v) is 7.80. The van der Waals surface area contributed by atoms with Gasteiger partial charge in [0.15, 0.2) is 0 Å². The largest absolute Gasteiger partial charge is 0.389 e. The zero-order valence-electron chi connectivity index (χ0n) is 7.80. The number of fused-ring (bicyclic) bond motifs is 1. The van der Waals surface area contributed by atoms with Gasteiger partial charge in [-0.3, -0.25) is 0 Å². The fourth-order valence-corrected chi connectivity index (χ4v) is 2.49. The van der Waals surface area contributed by atoms with Crippen LogP contribution in [-0.4, -0.2) is 23.8 Å². The third-order valence-electron chi connectivity index (χ3n) is 3.47. The second-order valence-corrected chi connectivity index (χ2v) is 4.10. The van der Waals surface area contributed by atoms with E-state index in [1.807, 2.05) is 0 Å². The van der Waals surface area contributed by atoms with Gasteiger partial charge in [0.25, 0.3) is 0 Å². The van der Waals surface area contributed by atoms with Gasteiger partial charge in [-0.2, -0.15) is 0 Å². The molecule has 2 N–H and O–H groups in total. The van der Waals surface area contributed by atoms with Crippen LogP contribution in [0.15, 0.2) is 11.1 Å². The van der Waals surface area contributed by atoms with E-state index in [0.717, 1.165) is 13.0 Å². The molecule has 2 rings (SSSR count). The minimum atomic E-state index is -0.175. The maximum absolute atomic E-state index is 9.71. The van der Waals surface area contributed by atoms with E-state index in [1.165, 1.54) is 17.6 Å². The lowest BCUT2D eigenvalue weighted by Gasteiger charge is -2.31. The van der Waals surface area contributed by atoms with Crippen molar-refractivity contribution < 1.29 is 5.11 Å². The molecule has 1 aliphatic heterocycles. The predicted octanol–water partition coefficient (Wildman–Crippen LogP) is 1.07. The summed E-state index contributed by atoms with van der Waals surface area (Å²) in [4.78, 5) is 0. The normalized spacial score (nSPS) is 41.8. The molecule has 0 saturated carbocycles. The number of nitrogens with one attached hydrogen (secondary N) is 1. The van der Waals surface area contributed by atoms with E-state index >= 15 is 0 Å². The summed E-state index contributed by atoms with van der Waals surface area (Å²) in [6.07, 6.45) is 2.01. The van der Waals surface area contributed by atoms with E-state index in [-0.39, 0.29) is 6.10 Å². The monoisotopic (exact) mass is 167 g/mol. The number of hydrogen-bond acceptors (Lipinski definition) is 2. The Labute approximate surface area is 73.7 Å². The first-order valence-corrected chi connectivity index (χ1v) is 4.79. The summed E-state index contributed by atoms with van der Waals surface area (Å²) in [5, 5.41) is 13.2. The molecule has 2 heteroatoms. The Hall–Kier alpha value is -0.340. The summed E-state index contributed by atoms with van der Waals surface area (Å²) in [6.45, 7) is 5.32. The second-order valence-electron chi connectivity index (χ2n) is 4.10. The third-order valence-corrected chi connectivity index (χ3v) is 3.47. The molecule has 68 valence electrons. The van der Waals surface area contributed by atoms with Crippen LogP contribution in [0.2, 0.25) is 0 Å². The highest BCUT2D eigenvalue weighted by Gasteiger charge is 2.35. The van der Waals surface area contributed by atoms with Crippen molar-refractivity contribution in [2.24, 2.45) is 5.92 Å². The molecule has 1 heterocycles. The van der Waals surface area contributed by atoms with Crippen molar-refractivity contribution in [3.05, 3.63) is 11.1 Å². The van der Waals surface area contributed by atoms with Crippen LogP contribution in [0.1, 0.15) is 26.7 Å². The van der Waals surface area contributed by atoms with Crippen molar-refractivity contribution in [2.75, 3.05) is 6.54 Å². The highest BCUT2D eigenvalue weighted by molar-refractivity contribution is 5.25. The number of hydrogen-bond donors (Lipinski definition) is 2. The summed E-state index contributed by atoms with van der Waals surface area (Å²) in [6, 6.07) is 0.563. The van der Waals surface area contributed by atoms with Gasteiger partial charge in [-0.15, -0.1) is 0 Å². The lowest BCUT2D eigenvalue weighted by Crippen LogP contribution is -2.36. The molecule has 1 fully saturated rings. The van der Waals surface area contributed by atoms with Gasteiger partial charge in [-0.05, 0) is 44.7 Å². The van der Waals surface area contributed by atoms with Gasteiger partial charge in [0.2, 0.25) is 0 Å². The Morgan fingerprint density at radius 3 is 2.83 bits per heavy atom. The van der Waals surface area contributed by atoms with Crippen LogP contribution in [0, 0.1) is 5.92 Å². The average molecular weight is 167 g/mol. The molecule has 3 unspecified atom stereocenters. The first-order valence-electron chi connectivity index (χ1n) is 4.79. The zero-order chi connectivity index (χ0) is 8.72. The summed E-state index contributed by atoms with van der Waals surface area (Å²) in [5.41, 5.74) is 2.56. The van der Waals surface area contributed by atoms with Crippen LogP contribution in [0.25, 0.3) is 0 Å². The minimum absolute atomic E-state index is 0.175. The van der Waals surface area contributed by atoms with Gasteiger partial charge in [-0.1, -0.05) is 5.57 Å². The van der Waals surface area contributed by atoms with Gasteiger partial charge < -0.3 is 10.4 Å². The molecular formula is C10H17NO. The number of aliphatic hydroxyl groups is 1. The van der Waals surface area contributed by atoms with Gasteiger partial charge in [0.1, 0.15) is 0 Å². The molecule has 2 aliphatic rings. The molecule has 0 amide bonds. The van der Waals surface area contributed by atoms with Crippen LogP contribution in [0.5, 0.6) is 0 Å². The predicted molar refractivity (Wildman–Crippen MR) is 48.9 cm³/mol. The van der Waals surface area contributed by atoms with Gasteiger partial charge in [0, 0.05) is 6.04 Å². The Kier molecular flexibility index (Phi) is 1.97. The standard InChI is InChI=1S/C10H17NO/c1-6-7(2)10-8(3-4-11-10)5-9(6)12/h8-12H,3-5H2,1-2H3. The maximum Gasteiger partial charge on any atom is 0.0753 e. The molecule has 0 aromatic carbocycles. The summed E-state index contributed by atoms with van der Waals surface area (Å²) >= 11 is 0. The van der Waals surface area contributed by atoms with Crippen LogP contribution in [0.3, 0.4) is 0 Å². The van der Waals surface area contributed by atoms with Crippen LogP contribution in [-0.2, 0) is 0 Å². The van der Waals surface area contributed by atoms with Gasteiger partial charge in [0.05, 0.1) is 6.10 Å². The Bertz CT molecular complexity index is 222. The Balaban J connectivity index is 2.28. The lowest BCUT2D eigenvalue weighted by molar-refractivity contribution is 0.160. The third kappa shape index (κ3) is 1.10. The Morgan fingerprint density at radius 1 is 1.33 bits per heavy atom. The van der Waals surface area contributed by atoms with E-state index in [2.05, 4.69) is 19.2 Å². The molecule has 0 spiro atoms. The summed E-state index contributed by atoms with van der Waals surface area (Å²) < 4.78 is 0. The van der Waals surface area contributed by atoms with E-state index in [4.69, 9.17) is 0 Å². The molecular weight excluding hydrogens is 150 g/mol. The van der Waals surface area contributed by atoms with Crippen molar-refractivity contribution in [1.82, 2.24) is 5.32 Å². The Morgan fingerprint density at radius 2 is 2.08 bits per heavy atom. The smallest absolute Gasteiger partial charge is 0.0753 e. The average Bonchev–Trinajstić information content (AvgIpc) is 2.48. The minimum Gasteiger partial charge on any atom is -0.389 e. The van der Waals surface area contributed by atoms with Crippen LogP contribution < -0.4 is 5.32 Å². The lowest BCUT2D eigenvalue weighted by atomic mass is 9.80. The fourth-order valence-electron chi connectivity index (χ4n) is 2.49. The van der Waals surface area contributed by atoms with Crippen molar-refractivity contribution in [1.29, 1.82) is 0 Å². The summed E-state index contributed by atoms with van der Waals surface area (Å²) in [7, 11) is 0. The van der Waals surface area contributed by atoms with Gasteiger partial charge >= 0.3 is 0 Å². The van der Waals surface area contributed by atoms with E-state index < -0.39 is 0 Å². The molecule has 0 bridgehead atoms. The first kappa shape index (κ1) is 8.27. The molecule has 12 heavy (non-hydrogen) atoms. The summed E-state index contributed by atoms with van der Waals surface area (Å²) in [5.74, 6) is 0.684. The SMILES string of the molecule is CC1=C(C)C2NCCC2CC1O. The topological polar surface area (TPSA) is 32.3 Å². The molecule has 3 atom stereocenters. The van der Waals surface area contributed by atoms with Crippen LogP contribution in [0.4, 0.5) is 0 Å². The first-order chi connectivity index (χ1) is 5.70. The molecule has 0 aromatic heterocycles. The highest BCUT2D eigenvalue weighted by atomic mass is 16.3. The highest BCUT2D eigenvalue weighted by Crippen LogP contribution is 2.34.